The molecular weight excluding hydrogens is 244 g/mol. The van der Waals surface area contributed by atoms with Gasteiger partial charge in [-0.05, 0) is 26.8 Å². The first-order chi connectivity index (χ1) is 7.79. The topological polar surface area (TPSA) is 12.0 Å². The predicted octanol–water partition coefficient (Wildman–Crippen LogP) is 4.08. The Morgan fingerprint density at radius 1 is 1.29 bits per heavy atom. The van der Waals surface area contributed by atoms with Crippen molar-refractivity contribution in [2.45, 2.75) is 20.8 Å². The van der Waals surface area contributed by atoms with E-state index >= 15 is 0 Å². The van der Waals surface area contributed by atoms with Crippen molar-refractivity contribution < 1.29 is 8.78 Å². The molecule has 1 rings (SSSR count). The second-order valence-electron chi connectivity index (χ2n) is 4.65. The van der Waals surface area contributed by atoms with Crippen LogP contribution in [-0.4, -0.2) is 6.54 Å². The van der Waals surface area contributed by atoms with Gasteiger partial charge in [-0.15, -0.1) is 0 Å². The van der Waals surface area contributed by atoms with E-state index in [9.17, 15) is 8.78 Å². The standard InChI is InChI=1S/C13H14ClF2N/c1-13(2,3)5-4-6-17-12-10(14)7-9(15)8-11(12)16/h7-8,17H,6H2,1-3H3. The zero-order valence-electron chi connectivity index (χ0n) is 10.00. The smallest absolute Gasteiger partial charge is 0.150 e. The van der Waals surface area contributed by atoms with Crippen molar-refractivity contribution in [2.24, 2.45) is 5.41 Å². The van der Waals surface area contributed by atoms with Crippen molar-refractivity contribution in [2.75, 3.05) is 11.9 Å². The SMILES string of the molecule is CC(C)(C)C#CCNc1c(F)cc(F)cc1Cl. The van der Waals surface area contributed by atoms with Gasteiger partial charge < -0.3 is 5.32 Å². The summed E-state index contributed by atoms with van der Waals surface area (Å²) in [6, 6.07) is 1.84. The van der Waals surface area contributed by atoms with E-state index in [0.29, 0.717) is 0 Å². The van der Waals surface area contributed by atoms with Crippen LogP contribution in [0.4, 0.5) is 14.5 Å². The lowest BCUT2D eigenvalue weighted by atomic mass is 9.98. The van der Waals surface area contributed by atoms with E-state index in [1.165, 1.54) is 0 Å². The normalized spacial score (nSPS) is 10.7. The van der Waals surface area contributed by atoms with Gasteiger partial charge in [-0.1, -0.05) is 23.4 Å². The molecule has 0 aliphatic rings. The molecule has 0 spiro atoms. The Morgan fingerprint density at radius 2 is 1.94 bits per heavy atom. The second-order valence-corrected chi connectivity index (χ2v) is 5.06. The van der Waals surface area contributed by atoms with E-state index < -0.39 is 11.6 Å². The predicted molar refractivity (Wildman–Crippen MR) is 67.1 cm³/mol. The summed E-state index contributed by atoms with van der Waals surface area (Å²) in [6.07, 6.45) is 0. The van der Waals surface area contributed by atoms with E-state index in [4.69, 9.17) is 11.6 Å². The van der Waals surface area contributed by atoms with Gasteiger partial charge in [0, 0.05) is 11.5 Å². The minimum atomic E-state index is -0.715. The third kappa shape index (κ3) is 4.62. The zero-order chi connectivity index (χ0) is 13.1. The number of anilines is 1. The highest BCUT2D eigenvalue weighted by Crippen LogP contribution is 2.25. The molecule has 0 heterocycles. The van der Waals surface area contributed by atoms with E-state index in [1.54, 1.807) is 0 Å². The molecule has 0 fully saturated rings. The number of hydrogen-bond acceptors (Lipinski definition) is 1. The van der Waals surface area contributed by atoms with Crippen LogP contribution in [0.15, 0.2) is 12.1 Å². The molecule has 0 aliphatic heterocycles. The van der Waals surface area contributed by atoms with Crippen LogP contribution in [0.2, 0.25) is 5.02 Å². The highest BCUT2D eigenvalue weighted by molar-refractivity contribution is 6.33. The van der Waals surface area contributed by atoms with Gasteiger partial charge in [0.05, 0.1) is 17.3 Å². The summed E-state index contributed by atoms with van der Waals surface area (Å²) in [5, 5.41) is 2.75. The van der Waals surface area contributed by atoms with Crippen LogP contribution in [0.5, 0.6) is 0 Å². The summed E-state index contributed by atoms with van der Waals surface area (Å²) in [7, 11) is 0. The molecule has 1 aromatic carbocycles. The summed E-state index contributed by atoms with van der Waals surface area (Å²) in [4.78, 5) is 0. The van der Waals surface area contributed by atoms with Gasteiger partial charge in [-0.3, -0.25) is 0 Å². The minimum Gasteiger partial charge on any atom is -0.371 e. The highest BCUT2D eigenvalue weighted by Gasteiger charge is 2.08. The third-order valence-corrected chi connectivity index (χ3v) is 2.12. The largest absolute Gasteiger partial charge is 0.371 e. The lowest BCUT2D eigenvalue weighted by molar-refractivity contribution is 0.570. The minimum absolute atomic E-state index is 0.0139. The van der Waals surface area contributed by atoms with Crippen LogP contribution in [-0.2, 0) is 0 Å². The molecule has 0 saturated carbocycles. The maximum atomic E-state index is 13.3. The molecule has 1 nitrogen and oxygen atoms in total. The Bertz CT molecular complexity index is 444. The first-order valence-electron chi connectivity index (χ1n) is 5.18. The Morgan fingerprint density at radius 3 is 2.47 bits per heavy atom. The second kappa shape index (κ2) is 5.37. The summed E-state index contributed by atoms with van der Waals surface area (Å²) in [5.74, 6) is 4.44. The molecule has 0 bridgehead atoms. The fourth-order valence-corrected chi connectivity index (χ4v) is 1.41. The van der Waals surface area contributed by atoms with Crippen LogP contribution in [0.25, 0.3) is 0 Å². The molecule has 1 N–H and O–H groups in total. The van der Waals surface area contributed by atoms with Gasteiger partial charge in [0.25, 0.3) is 0 Å². The molecule has 0 unspecified atom stereocenters. The molecule has 0 saturated heterocycles. The molecule has 92 valence electrons. The molecule has 0 radical (unpaired) electrons. The van der Waals surface area contributed by atoms with E-state index in [2.05, 4.69) is 17.2 Å². The molecule has 0 atom stereocenters. The molecule has 0 aliphatic carbocycles. The summed E-state index contributed by atoms with van der Waals surface area (Å²) < 4.78 is 26.1. The molecule has 0 amide bonds. The van der Waals surface area contributed by atoms with Crippen molar-refractivity contribution in [3.63, 3.8) is 0 Å². The molecular formula is C13H14ClF2N. The first-order valence-corrected chi connectivity index (χ1v) is 5.56. The number of halogens is 3. The average Bonchev–Trinajstić information content (AvgIpc) is 2.13. The van der Waals surface area contributed by atoms with Crippen LogP contribution in [0.3, 0.4) is 0 Å². The van der Waals surface area contributed by atoms with Crippen LogP contribution in [0, 0.1) is 28.9 Å². The van der Waals surface area contributed by atoms with Crippen molar-refractivity contribution in [1.82, 2.24) is 0 Å². The summed E-state index contributed by atoms with van der Waals surface area (Å²) in [5.41, 5.74) is -0.0245. The van der Waals surface area contributed by atoms with Crippen molar-refractivity contribution in [3.8, 4) is 11.8 Å². The lowest BCUT2D eigenvalue weighted by Crippen LogP contribution is -2.05. The number of rotatable bonds is 2. The number of benzene rings is 1. The Balaban J connectivity index is 2.73. The number of nitrogens with one attached hydrogen (secondary N) is 1. The van der Waals surface area contributed by atoms with Gasteiger partial charge in [0.1, 0.15) is 5.82 Å². The van der Waals surface area contributed by atoms with Crippen molar-refractivity contribution in [3.05, 3.63) is 28.8 Å². The first kappa shape index (κ1) is 13.8. The van der Waals surface area contributed by atoms with Crippen molar-refractivity contribution >= 4 is 17.3 Å². The van der Waals surface area contributed by atoms with Gasteiger partial charge in [-0.2, -0.15) is 0 Å². The average molecular weight is 258 g/mol. The Labute approximate surface area is 105 Å². The van der Waals surface area contributed by atoms with E-state index in [-0.39, 0.29) is 22.7 Å². The monoisotopic (exact) mass is 257 g/mol. The Hall–Kier alpha value is -1.27. The quantitative estimate of drug-likeness (QED) is 0.788. The lowest BCUT2D eigenvalue weighted by Gasteiger charge is -2.08. The van der Waals surface area contributed by atoms with E-state index in [1.807, 2.05) is 20.8 Å². The fraction of sp³-hybridized carbons (Fsp3) is 0.385. The summed E-state index contributed by atoms with van der Waals surface area (Å²) >= 11 is 5.71. The Kier molecular flexibility index (Phi) is 4.36. The highest BCUT2D eigenvalue weighted by atomic mass is 35.5. The molecule has 0 aromatic heterocycles. The fourth-order valence-electron chi connectivity index (χ4n) is 1.15. The van der Waals surface area contributed by atoms with Gasteiger partial charge in [-0.25, -0.2) is 8.78 Å². The van der Waals surface area contributed by atoms with Crippen molar-refractivity contribution in [1.29, 1.82) is 0 Å². The number of hydrogen-bond donors (Lipinski definition) is 1. The van der Waals surface area contributed by atoms with E-state index in [0.717, 1.165) is 12.1 Å². The molecule has 4 heteroatoms. The molecule has 17 heavy (non-hydrogen) atoms. The molecule has 1 aromatic rings. The van der Waals surface area contributed by atoms with Gasteiger partial charge in [0.15, 0.2) is 5.82 Å². The van der Waals surface area contributed by atoms with Crippen LogP contribution < -0.4 is 5.32 Å². The maximum Gasteiger partial charge on any atom is 0.150 e. The van der Waals surface area contributed by atoms with Gasteiger partial charge in [0.2, 0.25) is 0 Å². The summed E-state index contributed by atoms with van der Waals surface area (Å²) in [6.45, 7) is 6.20. The van der Waals surface area contributed by atoms with Crippen LogP contribution >= 0.6 is 11.6 Å². The maximum absolute atomic E-state index is 13.3. The van der Waals surface area contributed by atoms with Crippen LogP contribution in [0.1, 0.15) is 20.8 Å². The zero-order valence-corrected chi connectivity index (χ0v) is 10.8. The van der Waals surface area contributed by atoms with Gasteiger partial charge >= 0.3 is 0 Å². The third-order valence-electron chi connectivity index (χ3n) is 1.82.